The Kier molecular flexibility index (Phi) is 7.51. The minimum absolute atomic E-state index is 0.142. The van der Waals surface area contributed by atoms with Gasteiger partial charge in [-0.2, -0.15) is 9.97 Å². The molecule has 1 aliphatic heterocycles. The van der Waals surface area contributed by atoms with Gasteiger partial charge in [0, 0.05) is 22.8 Å². The van der Waals surface area contributed by atoms with E-state index in [1.54, 1.807) is 0 Å². The Morgan fingerprint density at radius 3 is 2.55 bits per heavy atom. The number of ether oxygens (including phenoxy) is 2. The first kappa shape index (κ1) is 25.2. The number of hydrogen-bond acceptors (Lipinski definition) is 7. The SMILES string of the molecule is Cc1cc(SCc2ccccc2)ccc1-c1nc2c(OC3CCCCC3)nc(N)nc2n1C1CCCCO1. The Morgan fingerprint density at radius 1 is 0.974 bits per heavy atom. The van der Waals surface area contributed by atoms with E-state index in [2.05, 4.69) is 70.0 Å². The van der Waals surface area contributed by atoms with E-state index < -0.39 is 0 Å². The summed E-state index contributed by atoms with van der Waals surface area (Å²) in [6, 6.07) is 17.2. The van der Waals surface area contributed by atoms with Crippen LogP contribution in [0.5, 0.6) is 5.88 Å². The Hall–Kier alpha value is -3.10. The first-order chi connectivity index (χ1) is 18.7. The van der Waals surface area contributed by atoms with E-state index in [-0.39, 0.29) is 18.3 Å². The monoisotopic (exact) mass is 529 g/mol. The second-order valence-corrected chi connectivity index (χ2v) is 11.4. The van der Waals surface area contributed by atoms with Crippen LogP contribution in [0.25, 0.3) is 22.6 Å². The first-order valence-corrected chi connectivity index (χ1v) is 14.8. The Bertz CT molecular complexity index is 1400. The highest BCUT2D eigenvalue weighted by Gasteiger charge is 2.28. The summed E-state index contributed by atoms with van der Waals surface area (Å²) >= 11 is 1.84. The zero-order valence-corrected chi connectivity index (χ0v) is 22.8. The predicted octanol–water partition coefficient (Wildman–Crippen LogP) is 7.09. The van der Waals surface area contributed by atoms with Crippen LogP contribution < -0.4 is 10.5 Å². The number of aryl methyl sites for hydroxylation is 1. The van der Waals surface area contributed by atoms with Crippen molar-refractivity contribution in [1.29, 1.82) is 0 Å². The van der Waals surface area contributed by atoms with Crippen molar-refractivity contribution >= 4 is 28.9 Å². The Labute approximate surface area is 228 Å². The molecule has 2 aromatic carbocycles. The highest BCUT2D eigenvalue weighted by Crippen LogP contribution is 2.38. The van der Waals surface area contributed by atoms with Gasteiger partial charge in [0.05, 0.1) is 0 Å². The van der Waals surface area contributed by atoms with E-state index in [0.717, 1.165) is 61.4 Å². The van der Waals surface area contributed by atoms with Gasteiger partial charge in [0.1, 0.15) is 18.2 Å². The second-order valence-electron chi connectivity index (χ2n) is 10.3. The average Bonchev–Trinajstić information content (AvgIpc) is 3.33. The van der Waals surface area contributed by atoms with E-state index in [1.165, 1.54) is 29.7 Å². The van der Waals surface area contributed by atoms with Gasteiger partial charge >= 0.3 is 0 Å². The van der Waals surface area contributed by atoms with Gasteiger partial charge < -0.3 is 15.2 Å². The number of rotatable bonds is 7. The van der Waals surface area contributed by atoms with Gasteiger partial charge in [0.15, 0.2) is 11.2 Å². The molecule has 0 bridgehead atoms. The summed E-state index contributed by atoms with van der Waals surface area (Å²) in [5, 5.41) is 0. The largest absolute Gasteiger partial charge is 0.473 e. The van der Waals surface area contributed by atoms with Crippen LogP contribution in [0.15, 0.2) is 53.4 Å². The molecule has 7 nitrogen and oxygen atoms in total. The van der Waals surface area contributed by atoms with Crippen molar-refractivity contribution in [2.45, 2.75) is 81.3 Å². The molecule has 198 valence electrons. The van der Waals surface area contributed by atoms with Crippen molar-refractivity contribution in [3.8, 4) is 17.3 Å². The van der Waals surface area contributed by atoms with Gasteiger partial charge in [-0.3, -0.25) is 4.57 Å². The van der Waals surface area contributed by atoms with E-state index in [4.69, 9.17) is 20.2 Å². The second kappa shape index (κ2) is 11.3. The smallest absolute Gasteiger partial charge is 0.247 e. The third kappa shape index (κ3) is 5.38. The van der Waals surface area contributed by atoms with Gasteiger partial charge in [-0.25, -0.2) is 4.98 Å². The number of fused-ring (bicyclic) bond motifs is 1. The number of nitrogens with two attached hydrogens (primary N) is 1. The normalized spacial score (nSPS) is 18.6. The molecule has 2 aliphatic rings. The quantitative estimate of drug-likeness (QED) is 0.256. The maximum atomic E-state index is 6.41. The lowest BCUT2D eigenvalue weighted by atomic mass is 9.98. The number of hydrogen-bond donors (Lipinski definition) is 1. The number of benzene rings is 2. The summed E-state index contributed by atoms with van der Waals surface area (Å²) in [6.07, 6.45) is 8.76. The number of nitrogens with zero attached hydrogens (tertiary/aromatic N) is 4. The molecule has 2 N–H and O–H groups in total. The molecular formula is C30H35N5O2S. The fraction of sp³-hybridized carbons (Fsp3) is 0.433. The number of thioether (sulfide) groups is 1. The van der Waals surface area contributed by atoms with Crippen molar-refractivity contribution in [2.24, 2.45) is 0 Å². The van der Waals surface area contributed by atoms with Crippen molar-refractivity contribution in [2.75, 3.05) is 12.3 Å². The van der Waals surface area contributed by atoms with Crippen molar-refractivity contribution in [3.05, 3.63) is 59.7 Å². The maximum absolute atomic E-state index is 6.41. The lowest BCUT2D eigenvalue weighted by Crippen LogP contribution is -2.21. The van der Waals surface area contributed by atoms with Gasteiger partial charge in [0.2, 0.25) is 11.8 Å². The zero-order valence-electron chi connectivity index (χ0n) is 21.9. The number of aromatic nitrogens is 4. The van der Waals surface area contributed by atoms with Crippen LogP contribution in [0.2, 0.25) is 0 Å². The van der Waals surface area contributed by atoms with Gasteiger partial charge in [0.25, 0.3) is 0 Å². The van der Waals surface area contributed by atoms with Crippen LogP contribution >= 0.6 is 11.8 Å². The Balaban J connectivity index is 1.39. The minimum Gasteiger partial charge on any atom is -0.473 e. The molecule has 2 aromatic heterocycles. The molecule has 1 saturated carbocycles. The molecule has 1 saturated heterocycles. The molecule has 4 aromatic rings. The number of anilines is 1. The van der Waals surface area contributed by atoms with E-state index in [9.17, 15) is 0 Å². The predicted molar refractivity (Wildman–Crippen MR) is 152 cm³/mol. The lowest BCUT2D eigenvalue weighted by Gasteiger charge is -2.26. The fourth-order valence-corrected chi connectivity index (χ4v) is 6.45. The van der Waals surface area contributed by atoms with Crippen LogP contribution in [0.1, 0.15) is 68.7 Å². The maximum Gasteiger partial charge on any atom is 0.247 e. The van der Waals surface area contributed by atoms with Crippen molar-refractivity contribution in [1.82, 2.24) is 19.5 Å². The number of imidazole rings is 1. The fourth-order valence-electron chi connectivity index (χ4n) is 5.50. The summed E-state index contributed by atoms with van der Waals surface area (Å²) in [6.45, 7) is 2.87. The molecule has 2 fully saturated rings. The third-order valence-electron chi connectivity index (χ3n) is 7.49. The topological polar surface area (TPSA) is 88.1 Å². The van der Waals surface area contributed by atoms with E-state index in [0.29, 0.717) is 17.0 Å². The highest BCUT2D eigenvalue weighted by atomic mass is 32.2. The molecular weight excluding hydrogens is 494 g/mol. The van der Waals surface area contributed by atoms with Gasteiger partial charge in [-0.05, 0) is 81.2 Å². The molecule has 3 heterocycles. The van der Waals surface area contributed by atoms with E-state index >= 15 is 0 Å². The average molecular weight is 530 g/mol. The molecule has 0 spiro atoms. The van der Waals surface area contributed by atoms with E-state index in [1.807, 2.05) is 11.8 Å². The summed E-state index contributed by atoms with van der Waals surface area (Å²) in [4.78, 5) is 15.5. The minimum atomic E-state index is -0.146. The molecule has 0 amide bonds. The van der Waals surface area contributed by atoms with Crippen LogP contribution in [-0.4, -0.2) is 32.2 Å². The van der Waals surface area contributed by atoms with Crippen molar-refractivity contribution in [3.63, 3.8) is 0 Å². The Morgan fingerprint density at radius 2 is 1.79 bits per heavy atom. The summed E-state index contributed by atoms with van der Waals surface area (Å²) < 4.78 is 14.8. The summed E-state index contributed by atoms with van der Waals surface area (Å²) in [5.74, 6) is 2.46. The third-order valence-corrected chi connectivity index (χ3v) is 8.55. The standard InChI is InChI=1S/C30H35N5O2S/c1-20-18-23(38-19-21-10-4-2-5-11-21)15-16-24(20)27-32-26-28(35(27)25-14-8-9-17-36-25)33-30(31)34-29(26)37-22-12-6-3-7-13-22/h2,4-5,10-11,15-16,18,22,25H,3,6-9,12-14,17,19H2,1H3,(H2,31,33,34). The van der Waals surface area contributed by atoms with Crippen LogP contribution in [0.3, 0.4) is 0 Å². The molecule has 0 radical (unpaired) electrons. The van der Waals surface area contributed by atoms with Gasteiger partial charge in [-0.15, -0.1) is 11.8 Å². The van der Waals surface area contributed by atoms with Crippen molar-refractivity contribution < 1.29 is 9.47 Å². The summed E-state index contributed by atoms with van der Waals surface area (Å²) in [7, 11) is 0. The first-order valence-electron chi connectivity index (χ1n) is 13.8. The lowest BCUT2D eigenvalue weighted by molar-refractivity contribution is -0.0287. The molecule has 6 rings (SSSR count). The molecule has 1 atom stereocenters. The van der Waals surface area contributed by atoms with Crippen LogP contribution in [0, 0.1) is 6.92 Å². The highest BCUT2D eigenvalue weighted by molar-refractivity contribution is 7.98. The zero-order chi connectivity index (χ0) is 25.9. The molecule has 1 aliphatic carbocycles. The van der Waals surface area contributed by atoms with Crippen LogP contribution in [0.4, 0.5) is 5.95 Å². The van der Waals surface area contributed by atoms with Gasteiger partial charge in [-0.1, -0.05) is 36.8 Å². The molecule has 8 heteroatoms. The summed E-state index contributed by atoms with van der Waals surface area (Å²) in [5.41, 5.74) is 11.1. The van der Waals surface area contributed by atoms with Crippen LogP contribution in [-0.2, 0) is 10.5 Å². The number of nitrogen functional groups attached to an aromatic ring is 1. The molecule has 38 heavy (non-hydrogen) atoms. The molecule has 1 unspecified atom stereocenters.